The molecule has 0 radical (unpaired) electrons. The Labute approximate surface area is 170 Å². The van der Waals surface area contributed by atoms with E-state index in [-0.39, 0.29) is 5.70 Å². The number of benzene rings is 3. The Morgan fingerprint density at radius 2 is 1.10 bits per heavy atom. The van der Waals surface area contributed by atoms with Crippen LogP contribution in [-0.2, 0) is 10.3 Å². The van der Waals surface area contributed by atoms with Gasteiger partial charge in [-0.2, -0.15) is 0 Å². The summed E-state index contributed by atoms with van der Waals surface area (Å²) in [6.07, 6.45) is 8.96. The molecule has 0 unspecified atom stereocenters. The van der Waals surface area contributed by atoms with Gasteiger partial charge >= 0.3 is 5.97 Å². The van der Waals surface area contributed by atoms with Crippen molar-refractivity contribution < 1.29 is 9.90 Å². The predicted octanol–water partition coefficient (Wildman–Crippen LogP) is 5.33. The van der Waals surface area contributed by atoms with E-state index in [1.54, 1.807) is 12.2 Å². The van der Waals surface area contributed by atoms with Crippen molar-refractivity contribution >= 4 is 5.97 Å². The van der Waals surface area contributed by atoms with E-state index < -0.39 is 11.5 Å². The molecule has 0 amide bonds. The van der Waals surface area contributed by atoms with E-state index >= 15 is 0 Å². The van der Waals surface area contributed by atoms with E-state index in [0.29, 0.717) is 0 Å². The molecule has 3 nitrogen and oxygen atoms in total. The molecule has 1 heterocycles. The third kappa shape index (κ3) is 3.27. The molecular formula is C26H21NO2. The van der Waals surface area contributed by atoms with Crippen LogP contribution in [0, 0.1) is 0 Å². The zero-order valence-corrected chi connectivity index (χ0v) is 15.8. The van der Waals surface area contributed by atoms with E-state index in [4.69, 9.17) is 0 Å². The Hall–Kier alpha value is -3.85. The highest BCUT2D eigenvalue weighted by atomic mass is 16.4. The van der Waals surface area contributed by atoms with Crippen molar-refractivity contribution in [2.24, 2.45) is 0 Å². The van der Waals surface area contributed by atoms with Gasteiger partial charge in [-0.05, 0) is 28.8 Å². The van der Waals surface area contributed by atoms with Crippen molar-refractivity contribution in [1.82, 2.24) is 4.90 Å². The number of rotatable bonds is 5. The predicted molar refractivity (Wildman–Crippen MR) is 115 cm³/mol. The maximum Gasteiger partial charge on any atom is 0.352 e. The van der Waals surface area contributed by atoms with Gasteiger partial charge in [0.1, 0.15) is 11.2 Å². The highest BCUT2D eigenvalue weighted by Crippen LogP contribution is 2.44. The summed E-state index contributed by atoms with van der Waals surface area (Å²) in [5, 5.41) is 10.1. The maximum absolute atomic E-state index is 12.3. The van der Waals surface area contributed by atoms with Gasteiger partial charge in [-0.1, -0.05) is 103 Å². The Morgan fingerprint density at radius 1 is 0.655 bits per heavy atom. The summed E-state index contributed by atoms with van der Waals surface area (Å²) in [7, 11) is 0. The van der Waals surface area contributed by atoms with Crippen LogP contribution in [0.2, 0.25) is 0 Å². The Balaban J connectivity index is 2.13. The topological polar surface area (TPSA) is 40.5 Å². The van der Waals surface area contributed by atoms with Gasteiger partial charge < -0.3 is 10.0 Å². The van der Waals surface area contributed by atoms with Gasteiger partial charge in [0.05, 0.1) is 0 Å². The lowest BCUT2D eigenvalue weighted by atomic mass is 9.75. The summed E-state index contributed by atoms with van der Waals surface area (Å²) < 4.78 is 0. The number of aliphatic carboxylic acids is 1. The summed E-state index contributed by atoms with van der Waals surface area (Å²) in [5.41, 5.74) is 2.30. The van der Waals surface area contributed by atoms with Crippen molar-refractivity contribution in [3.8, 4) is 0 Å². The van der Waals surface area contributed by atoms with E-state index in [2.05, 4.69) is 0 Å². The van der Waals surface area contributed by atoms with Crippen LogP contribution >= 0.6 is 0 Å². The largest absolute Gasteiger partial charge is 0.477 e. The van der Waals surface area contributed by atoms with E-state index in [0.717, 1.165) is 16.7 Å². The first-order valence-electron chi connectivity index (χ1n) is 9.49. The number of allylic oxidation sites excluding steroid dienone is 4. The van der Waals surface area contributed by atoms with Gasteiger partial charge in [-0.25, -0.2) is 4.79 Å². The summed E-state index contributed by atoms with van der Waals surface area (Å²) >= 11 is 0. The second kappa shape index (κ2) is 8.03. The van der Waals surface area contributed by atoms with Crippen LogP contribution < -0.4 is 0 Å². The molecule has 4 rings (SSSR count). The Morgan fingerprint density at radius 3 is 1.52 bits per heavy atom. The zero-order chi connectivity index (χ0) is 20.1. The molecule has 1 aliphatic rings. The molecule has 0 aromatic heterocycles. The van der Waals surface area contributed by atoms with Gasteiger partial charge in [0.2, 0.25) is 0 Å². The lowest BCUT2D eigenvalue weighted by Crippen LogP contribution is -2.46. The lowest BCUT2D eigenvalue weighted by Gasteiger charge is -2.45. The Bertz CT molecular complexity index is 971. The molecule has 1 aliphatic heterocycles. The number of hydrogen-bond acceptors (Lipinski definition) is 2. The van der Waals surface area contributed by atoms with Crippen LogP contribution in [0.25, 0.3) is 0 Å². The highest BCUT2D eigenvalue weighted by molar-refractivity contribution is 5.87. The van der Waals surface area contributed by atoms with Crippen LogP contribution in [0.1, 0.15) is 16.7 Å². The molecule has 0 atom stereocenters. The van der Waals surface area contributed by atoms with Gasteiger partial charge in [-0.3, -0.25) is 0 Å². The minimum absolute atomic E-state index is 0.201. The molecule has 1 N–H and O–H groups in total. The van der Waals surface area contributed by atoms with Crippen molar-refractivity contribution in [3.63, 3.8) is 0 Å². The van der Waals surface area contributed by atoms with Gasteiger partial charge in [0, 0.05) is 6.20 Å². The molecule has 0 spiro atoms. The number of nitrogens with zero attached hydrogens (tertiary/aromatic N) is 1. The van der Waals surface area contributed by atoms with Crippen LogP contribution in [0.4, 0.5) is 0 Å². The first-order chi connectivity index (χ1) is 14.2. The normalized spacial score (nSPS) is 13.7. The molecule has 0 saturated carbocycles. The van der Waals surface area contributed by atoms with Gasteiger partial charge in [0.15, 0.2) is 0 Å². The molecule has 3 aromatic rings. The van der Waals surface area contributed by atoms with Crippen molar-refractivity contribution in [2.75, 3.05) is 0 Å². The van der Waals surface area contributed by atoms with Crippen LogP contribution in [0.3, 0.4) is 0 Å². The quantitative estimate of drug-likeness (QED) is 0.609. The first kappa shape index (κ1) is 18.5. The number of carboxylic acid groups (broad SMARTS) is 1. The average Bonchev–Trinajstić information content (AvgIpc) is 3.03. The van der Waals surface area contributed by atoms with Crippen LogP contribution in [0.5, 0.6) is 0 Å². The minimum atomic E-state index is -0.978. The molecule has 142 valence electrons. The fourth-order valence-corrected chi connectivity index (χ4v) is 3.93. The van der Waals surface area contributed by atoms with Crippen molar-refractivity contribution in [2.45, 2.75) is 5.54 Å². The van der Waals surface area contributed by atoms with Gasteiger partial charge in [-0.15, -0.1) is 0 Å². The molecule has 0 saturated heterocycles. The fraction of sp³-hybridized carbons (Fsp3) is 0.0385. The number of carbonyl (C=O) groups is 1. The van der Waals surface area contributed by atoms with Crippen LogP contribution in [0.15, 0.2) is 127 Å². The lowest BCUT2D eigenvalue weighted by molar-refractivity contribution is -0.134. The second-order valence-corrected chi connectivity index (χ2v) is 6.76. The smallest absolute Gasteiger partial charge is 0.352 e. The molecule has 3 heteroatoms. The van der Waals surface area contributed by atoms with Crippen molar-refractivity contribution in [3.05, 3.63) is 144 Å². The van der Waals surface area contributed by atoms with Gasteiger partial charge in [0.25, 0.3) is 0 Å². The molecule has 0 bridgehead atoms. The minimum Gasteiger partial charge on any atom is -0.477 e. The third-order valence-corrected chi connectivity index (χ3v) is 5.13. The summed E-state index contributed by atoms with van der Waals surface area (Å²) in [6.45, 7) is 0. The second-order valence-electron chi connectivity index (χ2n) is 6.76. The van der Waals surface area contributed by atoms with Crippen LogP contribution in [-0.4, -0.2) is 16.0 Å². The highest BCUT2D eigenvalue weighted by Gasteiger charge is 2.43. The SMILES string of the molecule is O=C(O)C1=CC=CC=CN1C(c1ccccc1)(c1ccccc1)c1ccccc1. The van der Waals surface area contributed by atoms with E-state index in [9.17, 15) is 9.90 Å². The monoisotopic (exact) mass is 379 g/mol. The fourth-order valence-electron chi connectivity index (χ4n) is 3.93. The third-order valence-electron chi connectivity index (χ3n) is 5.13. The molecule has 0 fully saturated rings. The zero-order valence-electron chi connectivity index (χ0n) is 15.8. The molecule has 3 aromatic carbocycles. The average molecular weight is 379 g/mol. The summed E-state index contributed by atoms with van der Waals surface area (Å²) in [5.74, 6) is -0.978. The first-order valence-corrected chi connectivity index (χ1v) is 9.49. The maximum atomic E-state index is 12.3. The molecule has 29 heavy (non-hydrogen) atoms. The number of carboxylic acids is 1. The molecular weight excluding hydrogens is 358 g/mol. The standard InChI is InChI=1S/C26H21NO2/c28-25(29)24-19-11-4-12-20-27(24)26(21-13-5-1-6-14-21,22-15-7-2-8-16-22)23-17-9-3-10-18-23/h1-20H,(H,28,29). The van der Waals surface area contributed by atoms with E-state index in [1.165, 1.54) is 0 Å². The summed E-state index contributed by atoms with van der Waals surface area (Å²) in [4.78, 5) is 14.1. The van der Waals surface area contributed by atoms with E-state index in [1.807, 2.05) is 114 Å². The molecule has 0 aliphatic carbocycles. The van der Waals surface area contributed by atoms with Crippen molar-refractivity contribution in [1.29, 1.82) is 0 Å². The number of hydrogen-bond donors (Lipinski definition) is 1. The Kier molecular flexibility index (Phi) is 5.12. The summed E-state index contributed by atoms with van der Waals surface area (Å²) in [6, 6.07) is 30.1.